The third-order valence-electron chi connectivity index (χ3n) is 2.92. The van der Waals surface area contributed by atoms with Gasteiger partial charge in [0.25, 0.3) is 0 Å². The van der Waals surface area contributed by atoms with Crippen molar-refractivity contribution in [3.63, 3.8) is 0 Å². The SMILES string of the molecule is Fc1cc(CC(CCl)c2ccccc2)ccc1Cl. The quantitative estimate of drug-likeness (QED) is 0.689. The average Bonchev–Trinajstić information content (AvgIpc) is 2.41. The molecule has 0 fully saturated rings. The Hall–Kier alpha value is -1.05. The van der Waals surface area contributed by atoms with Crippen LogP contribution >= 0.6 is 23.2 Å². The molecule has 0 heterocycles. The molecule has 2 aromatic carbocycles. The first-order valence-corrected chi connectivity index (χ1v) is 6.67. The molecule has 94 valence electrons. The largest absolute Gasteiger partial charge is 0.205 e. The van der Waals surface area contributed by atoms with E-state index in [1.165, 1.54) is 11.6 Å². The molecule has 0 saturated heterocycles. The summed E-state index contributed by atoms with van der Waals surface area (Å²) in [5, 5.41) is 0.154. The molecule has 18 heavy (non-hydrogen) atoms. The second kappa shape index (κ2) is 6.21. The van der Waals surface area contributed by atoms with Crippen LogP contribution in [0.15, 0.2) is 48.5 Å². The van der Waals surface area contributed by atoms with Crippen LogP contribution in [0.2, 0.25) is 5.02 Å². The standard InChI is InChI=1S/C15H13Cl2F/c16-10-13(12-4-2-1-3-5-12)8-11-6-7-14(17)15(18)9-11/h1-7,9,13H,8,10H2. The van der Waals surface area contributed by atoms with E-state index in [4.69, 9.17) is 23.2 Å². The van der Waals surface area contributed by atoms with E-state index < -0.39 is 0 Å². The number of hydrogen-bond donors (Lipinski definition) is 0. The van der Waals surface area contributed by atoms with Gasteiger partial charge in [-0.05, 0) is 29.7 Å². The minimum Gasteiger partial charge on any atom is -0.205 e. The molecule has 0 saturated carbocycles. The topological polar surface area (TPSA) is 0 Å². The van der Waals surface area contributed by atoms with Crippen molar-refractivity contribution >= 4 is 23.2 Å². The highest BCUT2D eigenvalue weighted by Gasteiger charge is 2.12. The van der Waals surface area contributed by atoms with Gasteiger partial charge in [-0.1, -0.05) is 48.0 Å². The summed E-state index contributed by atoms with van der Waals surface area (Å²) < 4.78 is 13.4. The van der Waals surface area contributed by atoms with Crippen molar-refractivity contribution in [3.05, 3.63) is 70.5 Å². The molecule has 0 N–H and O–H groups in total. The van der Waals surface area contributed by atoms with E-state index in [1.54, 1.807) is 6.07 Å². The van der Waals surface area contributed by atoms with E-state index >= 15 is 0 Å². The maximum absolute atomic E-state index is 13.4. The van der Waals surface area contributed by atoms with Gasteiger partial charge in [0.15, 0.2) is 0 Å². The lowest BCUT2D eigenvalue weighted by molar-refractivity contribution is 0.623. The Balaban J connectivity index is 2.18. The van der Waals surface area contributed by atoms with Gasteiger partial charge in [-0.25, -0.2) is 4.39 Å². The monoisotopic (exact) mass is 282 g/mol. The molecular formula is C15H13Cl2F. The highest BCUT2D eigenvalue weighted by molar-refractivity contribution is 6.30. The lowest BCUT2D eigenvalue weighted by Crippen LogP contribution is -2.04. The highest BCUT2D eigenvalue weighted by Crippen LogP contribution is 2.24. The van der Waals surface area contributed by atoms with Gasteiger partial charge in [-0.15, -0.1) is 11.6 Å². The van der Waals surface area contributed by atoms with Gasteiger partial charge >= 0.3 is 0 Å². The predicted molar refractivity (Wildman–Crippen MR) is 75.0 cm³/mol. The minimum atomic E-state index is -0.379. The first-order chi connectivity index (χ1) is 8.70. The Morgan fingerprint density at radius 1 is 1.06 bits per heavy atom. The molecule has 2 aromatic rings. The molecule has 0 aliphatic carbocycles. The second-order valence-electron chi connectivity index (χ2n) is 4.21. The van der Waals surface area contributed by atoms with Crippen molar-refractivity contribution < 1.29 is 4.39 Å². The van der Waals surface area contributed by atoms with E-state index in [2.05, 4.69) is 0 Å². The molecule has 0 spiro atoms. The maximum Gasteiger partial charge on any atom is 0.142 e. The van der Waals surface area contributed by atoms with Crippen LogP contribution in [0, 0.1) is 5.82 Å². The molecule has 0 radical (unpaired) electrons. The van der Waals surface area contributed by atoms with Crippen molar-refractivity contribution in [1.82, 2.24) is 0 Å². The lowest BCUT2D eigenvalue weighted by Gasteiger charge is -2.14. The summed E-state index contributed by atoms with van der Waals surface area (Å²) in [6.45, 7) is 0. The van der Waals surface area contributed by atoms with E-state index in [0.29, 0.717) is 12.3 Å². The smallest absolute Gasteiger partial charge is 0.142 e. The maximum atomic E-state index is 13.4. The average molecular weight is 283 g/mol. The molecule has 1 atom stereocenters. The summed E-state index contributed by atoms with van der Waals surface area (Å²) in [5.41, 5.74) is 2.08. The van der Waals surface area contributed by atoms with Gasteiger partial charge in [-0.3, -0.25) is 0 Å². The van der Waals surface area contributed by atoms with Crippen molar-refractivity contribution in [3.8, 4) is 0 Å². The zero-order valence-corrected chi connectivity index (χ0v) is 11.3. The van der Waals surface area contributed by atoms with Crippen LogP contribution in [0.3, 0.4) is 0 Å². The van der Waals surface area contributed by atoms with Crippen molar-refractivity contribution in [1.29, 1.82) is 0 Å². The molecule has 0 nitrogen and oxygen atoms in total. The van der Waals surface area contributed by atoms with Crippen molar-refractivity contribution in [2.45, 2.75) is 12.3 Å². The number of rotatable bonds is 4. The van der Waals surface area contributed by atoms with E-state index in [-0.39, 0.29) is 16.8 Å². The zero-order valence-electron chi connectivity index (χ0n) is 9.74. The lowest BCUT2D eigenvalue weighted by atomic mass is 9.93. The van der Waals surface area contributed by atoms with Crippen molar-refractivity contribution in [2.24, 2.45) is 0 Å². The summed E-state index contributed by atoms with van der Waals surface area (Å²) in [7, 11) is 0. The number of halogens is 3. The molecule has 0 aliphatic rings. The van der Waals surface area contributed by atoms with Crippen LogP contribution in [0.4, 0.5) is 4.39 Å². The van der Waals surface area contributed by atoms with Gasteiger partial charge in [0.2, 0.25) is 0 Å². The fourth-order valence-electron chi connectivity index (χ4n) is 1.94. The Kier molecular flexibility index (Phi) is 4.62. The summed E-state index contributed by atoms with van der Waals surface area (Å²) >= 11 is 11.7. The normalized spacial score (nSPS) is 12.4. The fourth-order valence-corrected chi connectivity index (χ4v) is 2.34. The van der Waals surface area contributed by atoms with Gasteiger partial charge < -0.3 is 0 Å². The molecule has 0 bridgehead atoms. The Labute approximate surface area is 116 Å². The fraction of sp³-hybridized carbons (Fsp3) is 0.200. The first kappa shape index (κ1) is 13.4. The predicted octanol–water partition coefficient (Wildman–Crippen LogP) is 5.04. The third-order valence-corrected chi connectivity index (χ3v) is 3.60. The first-order valence-electron chi connectivity index (χ1n) is 5.75. The molecule has 2 rings (SSSR count). The Morgan fingerprint density at radius 3 is 2.39 bits per heavy atom. The third kappa shape index (κ3) is 3.24. The molecule has 0 amide bonds. The van der Waals surface area contributed by atoms with Gasteiger partial charge in [-0.2, -0.15) is 0 Å². The van der Waals surface area contributed by atoms with E-state index in [1.807, 2.05) is 36.4 Å². The minimum absolute atomic E-state index is 0.154. The van der Waals surface area contributed by atoms with Crippen molar-refractivity contribution in [2.75, 3.05) is 5.88 Å². The molecular weight excluding hydrogens is 270 g/mol. The summed E-state index contributed by atoms with van der Waals surface area (Å²) in [6.07, 6.45) is 0.710. The highest BCUT2D eigenvalue weighted by atomic mass is 35.5. The van der Waals surface area contributed by atoms with Gasteiger partial charge in [0.1, 0.15) is 5.82 Å². The van der Waals surface area contributed by atoms with Gasteiger partial charge in [0, 0.05) is 11.8 Å². The number of alkyl halides is 1. The zero-order chi connectivity index (χ0) is 13.0. The van der Waals surface area contributed by atoms with E-state index in [0.717, 1.165) is 5.56 Å². The molecule has 3 heteroatoms. The van der Waals surface area contributed by atoms with Crippen LogP contribution in [-0.2, 0) is 6.42 Å². The Morgan fingerprint density at radius 2 is 1.78 bits per heavy atom. The molecule has 0 aromatic heterocycles. The van der Waals surface area contributed by atoms with Crippen LogP contribution in [0.25, 0.3) is 0 Å². The second-order valence-corrected chi connectivity index (χ2v) is 4.93. The number of hydrogen-bond acceptors (Lipinski definition) is 0. The summed E-state index contributed by atoms with van der Waals surface area (Å²) in [6, 6.07) is 14.9. The van der Waals surface area contributed by atoms with Crippen LogP contribution in [-0.4, -0.2) is 5.88 Å². The van der Waals surface area contributed by atoms with Crippen LogP contribution < -0.4 is 0 Å². The number of benzene rings is 2. The van der Waals surface area contributed by atoms with E-state index in [9.17, 15) is 4.39 Å². The van der Waals surface area contributed by atoms with Gasteiger partial charge in [0.05, 0.1) is 5.02 Å². The van der Waals surface area contributed by atoms with Crippen LogP contribution in [0.5, 0.6) is 0 Å². The summed E-state index contributed by atoms with van der Waals surface area (Å²) in [5.74, 6) is 0.317. The Bertz CT molecular complexity index is 511. The molecule has 0 aliphatic heterocycles. The van der Waals surface area contributed by atoms with Crippen LogP contribution in [0.1, 0.15) is 17.0 Å². The summed E-state index contributed by atoms with van der Waals surface area (Å²) in [4.78, 5) is 0. The molecule has 1 unspecified atom stereocenters.